The SMILES string of the molecule is O=C(S)OC(O)c1cccc2ccccc12. The molecule has 16 heavy (non-hydrogen) atoms. The minimum atomic E-state index is -1.28. The van der Waals surface area contributed by atoms with Crippen LogP contribution in [0.15, 0.2) is 42.5 Å². The molecule has 2 aromatic carbocycles. The van der Waals surface area contributed by atoms with Crippen molar-refractivity contribution in [1.82, 2.24) is 0 Å². The molecule has 0 saturated heterocycles. The average molecular weight is 234 g/mol. The van der Waals surface area contributed by atoms with Gasteiger partial charge in [0, 0.05) is 5.56 Å². The van der Waals surface area contributed by atoms with E-state index in [2.05, 4.69) is 17.4 Å². The predicted molar refractivity (Wildman–Crippen MR) is 64.4 cm³/mol. The molecular weight excluding hydrogens is 224 g/mol. The van der Waals surface area contributed by atoms with Crippen LogP contribution in [-0.4, -0.2) is 10.4 Å². The second kappa shape index (κ2) is 4.55. The van der Waals surface area contributed by atoms with Gasteiger partial charge in [-0.25, -0.2) is 4.79 Å². The maximum atomic E-state index is 10.6. The maximum Gasteiger partial charge on any atom is 0.366 e. The molecule has 0 bridgehead atoms. The van der Waals surface area contributed by atoms with Gasteiger partial charge in [0.1, 0.15) is 0 Å². The molecule has 1 atom stereocenters. The molecule has 0 saturated carbocycles. The summed E-state index contributed by atoms with van der Waals surface area (Å²) in [6, 6.07) is 13.0. The molecule has 0 radical (unpaired) electrons. The summed E-state index contributed by atoms with van der Waals surface area (Å²) in [5.74, 6) is 0. The van der Waals surface area contributed by atoms with Crippen molar-refractivity contribution in [2.45, 2.75) is 6.29 Å². The van der Waals surface area contributed by atoms with E-state index in [9.17, 15) is 9.90 Å². The van der Waals surface area contributed by atoms with Crippen LogP contribution in [-0.2, 0) is 4.74 Å². The van der Waals surface area contributed by atoms with Crippen LogP contribution in [0.1, 0.15) is 11.9 Å². The number of rotatable bonds is 2. The summed E-state index contributed by atoms with van der Waals surface area (Å²) in [6.07, 6.45) is -1.28. The maximum absolute atomic E-state index is 10.6. The lowest BCUT2D eigenvalue weighted by Crippen LogP contribution is -2.05. The fraction of sp³-hybridized carbons (Fsp3) is 0.0833. The molecule has 2 rings (SSSR count). The standard InChI is InChI=1S/C12H10O3S/c13-11(15-12(14)16)10-7-3-5-8-4-1-2-6-9(8)10/h1-7,11,13H,(H,14,16). The first kappa shape index (κ1) is 11.0. The summed E-state index contributed by atoms with van der Waals surface area (Å²) < 4.78 is 4.63. The van der Waals surface area contributed by atoms with Crippen molar-refractivity contribution in [3.63, 3.8) is 0 Å². The molecule has 1 N–H and O–H groups in total. The minimum Gasteiger partial charge on any atom is -0.424 e. The molecule has 0 fully saturated rings. The van der Waals surface area contributed by atoms with Crippen molar-refractivity contribution in [2.24, 2.45) is 0 Å². The van der Waals surface area contributed by atoms with E-state index in [1.165, 1.54) is 0 Å². The van der Waals surface area contributed by atoms with Crippen LogP contribution in [0, 0.1) is 0 Å². The van der Waals surface area contributed by atoms with Gasteiger partial charge < -0.3 is 9.84 Å². The second-order valence-corrected chi connectivity index (χ2v) is 3.67. The van der Waals surface area contributed by atoms with Gasteiger partial charge in [-0.15, -0.1) is 0 Å². The average Bonchev–Trinajstić information content (AvgIpc) is 2.27. The summed E-state index contributed by atoms with van der Waals surface area (Å²) >= 11 is 3.46. The van der Waals surface area contributed by atoms with E-state index in [0.29, 0.717) is 5.56 Å². The zero-order valence-corrected chi connectivity index (χ0v) is 9.22. The van der Waals surface area contributed by atoms with E-state index >= 15 is 0 Å². The van der Waals surface area contributed by atoms with Crippen molar-refractivity contribution in [3.8, 4) is 0 Å². The lowest BCUT2D eigenvalue weighted by Gasteiger charge is -2.12. The van der Waals surface area contributed by atoms with Crippen molar-refractivity contribution in [2.75, 3.05) is 0 Å². The number of carbonyl (C=O) groups excluding carboxylic acids is 1. The number of benzene rings is 2. The number of aliphatic hydroxyl groups excluding tert-OH is 1. The Morgan fingerprint density at radius 3 is 2.62 bits per heavy atom. The van der Waals surface area contributed by atoms with Gasteiger partial charge in [-0.2, -0.15) is 0 Å². The molecule has 2 aromatic rings. The first-order valence-corrected chi connectivity index (χ1v) is 5.18. The third kappa shape index (κ3) is 2.18. The molecule has 82 valence electrons. The van der Waals surface area contributed by atoms with Gasteiger partial charge in [0.15, 0.2) is 0 Å². The molecule has 4 heteroatoms. The Balaban J connectivity index is 2.47. The van der Waals surface area contributed by atoms with Crippen molar-refractivity contribution >= 4 is 28.7 Å². The number of fused-ring (bicyclic) bond motifs is 1. The van der Waals surface area contributed by atoms with E-state index in [-0.39, 0.29) is 0 Å². The lowest BCUT2D eigenvalue weighted by molar-refractivity contribution is -0.0426. The number of ether oxygens (including phenoxy) is 1. The Kier molecular flexibility index (Phi) is 3.12. The summed E-state index contributed by atoms with van der Waals surface area (Å²) in [5.41, 5.74) is 0.556. The highest BCUT2D eigenvalue weighted by molar-refractivity contribution is 7.96. The van der Waals surface area contributed by atoms with Gasteiger partial charge in [0.2, 0.25) is 6.29 Å². The van der Waals surface area contributed by atoms with E-state index < -0.39 is 11.6 Å². The number of hydrogen-bond acceptors (Lipinski definition) is 3. The van der Waals surface area contributed by atoms with Crippen LogP contribution in [0.3, 0.4) is 0 Å². The molecule has 0 aliphatic heterocycles. The van der Waals surface area contributed by atoms with Gasteiger partial charge in [0.05, 0.1) is 0 Å². The van der Waals surface area contributed by atoms with E-state index in [0.717, 1.165) is 10.8 Å². The van der Waals surface area contributed by atoms with Gasteiger partial charge >= 0.3 is 5.30 Å². The highest BCUT2D eigenvalue weighted by atomic mass is 32.1. The zero-order chi connectivity index (χ0) is 11.5. The van der Waals surface area contributed by atoms with Crippen molar-refractivity contribution < 1.29 is 14.6 Å². The molecule has 3 nitrogen and oxygen atoms in total. The number of carbonyl (C=O) groups is 1. The Hall–Kier alpha value is -1.52. The first-order valence-electron chi connectivity index (χ1n) is 4.74. The van der Waals surface area contributed by atoms with Crippen LogP contribution >= 0.6 is 12.6 Å². The Morgan fingerprint density at radius 2 is 1.88 bits per heavy atom. The van der Waals surface area contributed by atoms with Gasteiger partial charge in [-0.05, 0) is 10.8 Å². The molecule has 0 aliphatic rings. The number of hydrogen-bond donors (Lipinski definition) is 2. The molecule has 0 amide bonds. The minimum absolute atomic E-state index is 0.556. The summed E-state index contributed by atoms with van der Waals surface area (Å²) in [4.78, 5) is 10.6. The van der Waals surface area contributed by atoms with Crippen LogP contribution in [0.2, 0.25) is 0 Å². The van der Waals surface area contributed by atoms with Crippen LogP contribution in [0.4, 0.5) is 4.79 Å². The molecular formula is C12H10O3S. The van der Waals surface area contributed by atoms with Crippen LogP contribution in [0.25, 0.3) is 10.8 Å². The largest absolute Gasteiger partial charge is 0.424 e. The Labute approximate surface area is 98.1 Å². The second-order valence-electron chi connectivity index (χ2n) is 3.30. The van der Waals surface area contributed by atoms with Crippen LogP contribution < -0.4 is 0 Å². The Morgan fingerprint density at radius 1 is 1.19 bits per heavy atom. The predicted octanol–water partition coefficient (Wildman–Crippen LogP) is 2.90. The highest BCUT2D eigenvalue weighted by Crippen LogP contribution is 2.25. The third-order valence-electron chi connectivity index (χ3n) is 2.30. The fourth-order valence-electron chi connectivity index (χ4n) is 1.62. The summed E-state index contributed by atoms with van der Waals surface area (Å²) in [6.45, 7) is 0. The van der Waals surface area contributed by atoms with Crippen molar-refractivity contribution in [1.29, 1.82) is 0 Å². The monoisotopic (exact) mass is 234 g/mol. The first-order chi connectivity index (χ1) is 7.68. The Bertz CT molecular complexity index is 519. The molecule has 1 unspecified atom stereocenters. The molecule has 0 heterocycles. The summed E-state index contributed by atoms with van der Waals surface area (Å²) in [7, 11) is 0. The number of aliphatic hydroxyl groups is 1. The van der Waals surface area contributed by atoms with E-state index in [4.69, 9.17) is 0 Å². The normalized spacial score (nSPS) is 12.4. The lowest BCUT2D eigenvalue weighted by atomic mass is 10.0. The third-order valence-corrected chi connectivity index (χ3v) is 2.41. The number of thiol groups is 1. The van der Waals surface area contributed by atoms with E-state index in [1.54, 1.807) is 12.1 Å². The van der Waals surface area contributed by atoms with Crippen LogP contribution in [0.5, 0.6) is 0 Å². The quantitative estimate of drug-likeness (QED) is 0.477. The molecule has 0 spiro atoms. The van der Waals surface area contributed by atoms with Gasteiger partial charge in [0.25, 0.3) is 0 Å². The van der Waals surface area contributed by atoms with Crippen molar-refractivity contribution in [3.05, 3.63) is 48.0 Å². The molecule has 0 aromatic heterocycles. The molecule has 0 aliphatic carbocycles. The summed E-state index contributed by atoms with van der Waals surface area (Å²) in [5, 5.41) is 10.7. The highest BCUT2D eigenvalue weighted by Gasteiger charge is 2.13. The smallest absolute Gasteiger partial charge is 0.366 e. The topological polar surface area (TPSA) is 46.5 Å². The fourth-order valence-corrected chi connectivity index (χ4v) is 1.72. The van der Waals surface area contributed by atoms with Gasteiger partial charge in [-0.3, -0.25) is 0 Å². The zero-order valence-electron chi connectivity index (χ0n) is 8.33. The van der Waals surface area contributed by atoms with E-state index in [1.807, 2.05) is 30.3 Å². The van der Waals surface area contributed by atoms with Gasteiger partial charge in [-0.1, -0.05) is 55.1 Å².